The number of aromatic amines is 1. The lowest BCUT2D eigenvalue weighted by atomic mass is 10.1. The Morgan fingerprint density at radius 1 is 1.16 bits per heavy atom. The zero-order valence-electron chi connectivity index (χ0n) is 19.6. The number of pyridine rings is 2. The lowest BCUT2D eigenvalue weighted by molar-refractivity contribution is -0.137. The average Bonchev–Trinajstić information content (AvgIpc) is 3.32. The lowest BCUT2D eigenvalue weighted by Crippen LogP contribution is -2.44. The van der Waals surface area contributed by atoms with Gasteiger partial charge in [0.25, 0.3) is 0 Å². The molecule has 0 unspecified atom stereocenters. The molecule has 1 amide bonds. The number of carbonyl (C=O) groups is 1. The smallest absolute Gasteiger partial charge is 0.416 e. The molecule has 4 aromatic rings. The Balaban J connectivity index is 1.36. The molecule has 8 nitrogen and oxygen atoms in total. The number of hydrogen-bond donors (Lipinski definition) is 2. The van der Waals surface area contributed by atoms with Crippen LogP contribution in [0.5, 0.6) is 11.5 Å². The molecule has 11 heteroatoms. The summed E-state index contributed by atoms with van der Waals surface area (Å²) in [5.74, 6) is 1.44. The zero-order valence-corrected chi connectivity index (χ0v) is 19.6. The molecule has 4 heterocycles. The normalized spacial score (nSPS) is 16.0. The number of alkyl halides is 3. The van der Waals surface area contributed by atoms with E-state index in [2.05, 4.69) is 32.1 Å². The molecule has 0 radical (unpaired) electrons. The Bertz CT molecular complexity index is 1430. The summed E-state index contributed by atoms with van der Waals surface area (Å²) >= 11 is 0. The van der Waals surface area contributed by atoms with E-state index in [1.807, 2.05) is 0 Å². The molecule has 0 spiro atoms. The third-order valence-corrected chi connectivity index (χ3v) is 6.14. The topological polar surface area (TPSA) is 96.0 Å². The molecule has 1 fully saturated rings. The van der Waals surface area contributed by atoms with E-state index in [1.54, 1.807) is 41.4 Å². The van der Waals surface area contributed by atoms with Crippen molar-refractivity contribution in [1.29, 1.82) is 0 Å². The van der Waals surface area contributed by atoms with Crippen molar-refractivity contribution < 1.29 is 22.7 Å². The molecule has 190 valence electrons. The van der Waals surface area contributed by atoms with Gasteiger partial charge in [-0.3, -0.25) is 14.9 Å². The summed E-state index contributed by atoms with van der Waals surface area (Å²) in [7, 11) is 0. The van der Waals surface area contributed by atoms with E-state index >= 15 is 0 Å². The minimum atomic E-state index is -4.44. The first-order valence-electron chi connectivity index (χ1n) is 11.6. The highest BCUT2D eigenvalue weighted by molar-refractivity contribution is 5.93. The second kappa shape index (κ2) is 9.92. The van der Waals surface area contributed by atoms with Crippen molar-refractivity contribution in [2.45, 2.75) is 25.1 Å². The third-order valence-electron chi connectivity index (χ3n) is 6.14. The molecule has 1 saturated heterocycles. The second-order valence-corrected chi connectivity index (χ2v) is 8.63. The van der Waals surface area contributed by atoms with Crippen LogP contribution in [0.15, 0.2) is 67.5 Å². The summed E-state index contributed by atoms with van der Waals surface area (Å²) in [5, 5.41) is 11.3. The molecule has 2 N–H and O–H groups in total. The van der Waals surface area contributed by atoms with Crippen molar-refractivity contribution in [3.05, 3.63) is 73.1 Å². The summed E-state index contributed by atoms with van der Waals surface area (Å²) in [4.78, 5) is 22.2. The largest absolute Gasteiger partial charge is 0.456 e. The number of benzene rings is 1. The number of nitrogens with one attached hydrogen (secondary N) is 2. The van der Waals surface area contributed by atoms with Gasteiger partial charge in [0, 0.05) is 43.2 Å². The van der Waals surface area contributed by atoms with Crippen LogP contribution in [-0.4, -0.2) is 50.1 Å². The number of anilines is 1. The second-order valence-electron chi connectivity index (χ2n) is 8.63. The van der Waals surface area contributed by atoms with E-state index in [1.165, 1.54) is 6.08 Å². The van der Waals surface area contributed by atoms with E-state index in [0.717, 1.165) is 31.2 Å². The van der Waals surface area contributed by atoms with Gasteiger partial charge in [0.2, 0.25) is 5.91 Å². The minimum absolute atomic E-state index is 0.00329. The van der Waals surface area contributed by atoms with Crippen molar-refractivity contribution in [2.75, 3.05) is 18.4 Å². The molecule has 0 saturated carbocycles. The fourth-order valence-corrected chi connectivity index (χ4v) is 4.31. The van der Waals surface area contributed by atoms with E-state index in [0.29, 0.717) is 47.0 Å². The molecule has 5 rings (SSSR count). The van der Waals surface area contributed by atoms with Gasteiger partial charge in [0.05, 0.1) is 11.3 Å². The molecular weight excluding hydrogens is 485 g/mol. The molecule has 3 aromatic heterocycles. The van der Waals surface area contributed by atoms with Crippen LogP contribution >= 0.6 is 0 Å². The molecule has 0 bridgehead atoms. The van der Waals surface area contributed by atoms with Gasteiger partial charge in [-0.05, 0) is 55.3 Å². The quantitative estimate of drug-likeness (QED) is 0.338. The van der Waals surface area contributed by atoms with Crippen molar-refractivity contribution in [1.82, 2.24) is 25.1 Å². The fraction of sp³-hybridized carbons (Fsp3) is 0.231. The SMILES string of the molecule is C=CC(=O)N1CCC[C@H](Nc2n[nH]c3nccc(Oc4ccc(-c5cc(C(F)(F)F)ccn5)cc4)c23)C1. The van der Waals surface area contributed by atoms with Gasteiger partial charge in [-0.25, -0.2) is 4.98 Å². The highest BCUT2D eigenvalue weighted by Gasteiger charge is 2.30. The third kappa shape index (κ3) is 5.25. The summed E-state index contributed by atoms with van der Waals surface area (Å²) < 4.78 is 45.3. The van der Waals surface area contributed by atoms with E-state index in [4.69, 9.17) is 4.74 Å². The maximum absolute atomic E-state index is 13.1. The number of nitrogens with zero attached hydrogens (tertiary/aromatic N) is 4. The van der Waals surface area contributed by atoms with Crippen LogP contribution in [0.2, 0.25) is 0 Å². The van der Waals surface area contributed by atoms with Crippen LogP contribution in [0.3, 0.4) is 0 Å². The zero-order chi connectivity index (χ0) is 26.0. The highest BCUT2D eigenvalue weighted by atomic mass is 19.4. The number of halogens is 3. The molecule has 37 heavy (non-hydrogen) atoms. The summed E-state index contributed by atoms with van der Waals surface area (Å²) in [6.45, 7) is 4.78. The van der Waals surface area contributed by atoms with Crippen molar-refractivity contribution >= 4 is 22.8 Å². The van der Waals surface area contributed by atoms with Gasteiger partial charge in [0.15, 0.2) is 11.5 Å². The number of aromatic nitrogens is 4. The first-order chi connectivity index (χ1) is 17.8. The summed E-state index contributed by atoms with van der Waals surface area (Å²) in [5.41, 5.74) is 0.511. The molecule has 1 aliphatic heterocycles. The van der Waals surface area contributed by atoms with Crippen molar-refractivity contribution in [2.24, 2.45) is 0 Å². The highest BCUT2D eigenvalue weighted by Crippen LogP contribution is 2.35. The van der Waals surface area contributed by atoms with Crippen LogP contribution < -0.4 is 10.1 Å². The number of likely N-dealkylation sites (tertiary alicyclic amines) is 1. The van der Waals surface area contributed by atoms with Crippen LogP contribution in [0.4, 0.5) is 19.0 Å². The number of ether oxygens (including phenoxy) is 1. The van der Waals surface area contributed by atoms with Crippen molar-refractivity contribution in [3.63, 3.8) is 0 Å². The number of H-pyrrole nitrogens is 1. The number of piperidine rings is 1. The summed E-state index contributed by atoms with van der Waals surface area (Å²) in [6, 6.07) is 10.3. The predicted molar refractivity (Wildman–Crippen MR) is 132 cm³/mol. The molecular formula is C26H23F3N6O2. The molecule has 0 aliphatic carbocycles. The Morgan fingerprint density at radius 3 is 2.70 bits per heavy atom. The van der Waals surface area contributed by atoms with E-state index < -0.39 is 11.7 Å². The number of fused-ring (bicyclic) bond motifs is 1. The standard InChI is InChI=1S/C26H23F3N6O2/c1-2-22(36)35-13-3-4-18(15-35)32-25-23-21(10-12-31-24(23)33-34-25)37-19-7-5-16(6-8-19)20-14-17(9-11-30-20)26(27,28)29/h2,5-12,14,18H,1,3-4,13,15H2,(H2,31,32,33,34)/t18-/m0/s1. The average molecular weight is 509 g/mol. The monoisotopic (exact) mass is 508 g/mol. The van der Waals surface area contributed by atoms with Crippen LogP contribution in [0.1, 0.15) is 18.4 Å². The Labute approximate surface area is 210 Å². The Kier molecular flexibility index (Phi) is 6.51. The minimum Gasteiger partial charge on any atom is -0.456 e. The number of rotatable bonds is 6. The molecule has 1 aliphatic rings. The lowest BCUT2D eigenvalue weighted by Gasteiger charge is -2.32. The van der Waals surface area contributed by atoms with Crippen LogP contribution in [-0.2, 0) is 11.0 Å². The molecule has 1 atom stereocenters. The Morgan fingerprint density at radius 2 is 1.95 bits per heavy atom. The van der Waals surface area contributed by atoms with E-state index in [-0.39, 0.29) is 17.6 Å². The van der Waals surface area contributed by atoms with Crippen LogP contribution in [0, 0.1) is 0 Å². The number of amides is 1. The molecule has 1 aromatic carbocycles. The van der Waals surface area contributed by atoms with Gasteiger partial charge in [-0.1, -0.05) is 6.58 Å². The Hall–Kier alpha value is -4.41. The van der Waals surface area contributed by atoms with Gasteiger partial charge in [-0.15, -0.1) is 0 Å². The first kappa shape index (κ1) is 24.3. The maximum atomic E-state index is 13.1. The number of hydrogen-bond acceptors (Lipinski definition) is 6. The van der Waals surface area contributed by atoms with Gasteiger partial charge in [-0.2, -0.15) is 18.3 Å². The van der Waals surface area contributed by atoms with Gasteiger partial charge < -0.3 is 15.0 Å². The first-order valence-corrected chi connectivity index (χ1v) is 11.6. The van der Waals surface area contributed by atoms with Gasteiger partial charge in [0.1, 0.15) is 16.9 Å². The van der Waals surface area contributed by atoms with Crippen LogP contribution in [0.25, 0.3) is 22.3 Å². The van der Waals surface area contributed by atoms with Gasteiger partial charge >= 0.3 is 6.18 Å². The summed E-state index contributed by atoms with van der Waals surface area (Å²) in [6.07, 6.45) is 1.33. The predicted octanol–water partition coefficient (Wildman–Crippen LogP) is 5.42. The fourth-order valence-electron chi connectivity index (χ4n) is 4.31. The van der Waals surface area contributed by atoms with Crippen molar-refractivity contribution in [3.8, 4) is 22.8 Å². The van der Waals surface area contributed by atoms with E-state index in [9.17, 15) is 18.0 Å². The number of carbonyl (C=O) groups excluding carboxylic acids is 1. The maximum Gasteiger partial charge on any atom is 0.416 e.